The van der Waals surface area contributed by atoms with Gasteiger partial charge in [0.05, 0.1) is 16.6 Å². The highest BCUT2D eigenvalue weighted by molar-refractivity contribution is 6.06. The first-order valence-electron chi connectivity index (χ1n) is 12.5. The van der Waals surface area contributed by atoms with Gasteiger partial charge in [-0.15, -0.1) is 0 Å². The summed E-state index contributed by atoms with van der Waals surface area (Å²) in [7, 11) is 0. The number of carbonyl (C=O) groups excluding carboxylic acids is 1. The van der Waals surface area contributed by atoms with Crippen molar-refractivity contribution >= 4 is 16.9 Å². The van der Waals surface area contributed by atoms with Crippen LogP contribution < -0.4 is 0 Å². The number of nitrogens with zero attached hydrogens (tertiary/aromatic N) is 5. The maximum atomic E-state index is 13.7. The first-order valence-corrected chi connectivity index (χ1v) is 12.5. The number of benzene rings is 1. The fraction of sp³-hybridized carbons (Fsp3) is 0.519. The van der Waals surface area contributed by atoms with Gasteiger partial charge in [0.1, 0.15) is 0 Å². The van der Waals surface area contributed by atoms with Crippen molar-refractivity contribution in [1.82, 2.24) is 24.6 Å². The molecule has 5 rings (SSSR count). The molecule has 0 N–H and O–H groups in total. The molecule has 1 aromatic carbocycles. The van der Waals surface area contributed by atoms with Crippen molar-refractivity contribution in [1.29, 1.82) is 0 Å². The van der Waals surface area contributed by atoms with Gasteiger partial charge in [0.2, 0.25) is 0 Å². The molecule has 2 aromatic heterocycles. The van der Waals surface area contributed by atoms with E-state index in [0.29, 0.717) is 5.92 Å². The summed E-state index contributed by atoms with van der Waals surface area (Å²) in [5.74, 6) is 0.639. The van der Waals surface area contributed by atoms with E-state index in [1.54, 1.807) is 0 Å². The molecule has 33 heavy (non-hydrogen) atoms. The Kier molecular flexibility index (Phi) is 6.19. The molecule has 0 unspecified atom stereocenters. The standard InChI is InChI=1S/C27H35N5O/c1-4-5-11-32-26-25(20(3)29-32)23(17-24(28-26)22-9-10-22)27(33)31-14-12-30(13-15-31)18-21-8-6-7-19(2)16-21/h6-8,16-17,22H,4-5,9-15,18H2,1-3H3. The molecule has 1 saturated heterocycles. The third kappa shape index (κ3) is 4.67. The molecule has 1 amide bonds. The summed E-state index contributed by atoms with van der Waals surface area (Å²) in [5.41, 5.74) is 6.32. The zero-order chi connectivity index (χ0) is 22.9. The number of hydrogen-bond acceptors (Lipinski definition) is 4. The molecule has 3 heterocycles. The SMILES string of the molecule is CCCCn1nc(C)c2c(C(=O)N3CCN(Cc4cccc(C)c4)CC3)cc(C3CC3)nc21. The molecule has 1 aliphatic carbocycles. The van der Waals surface area contributed by atoms with Crippen LogP contribution in [0.15, 0.2) is 30.3 Å². The number of rotatable bonds is 7. The van der Waals surface area contributed by atoms with Crippen LogP contribution in [0.3, 0.4) is 0 Å². The predicted molar refractivity (Wildman–Crippen MR) is 132 cm³/mol. The van der Waals surface area contributed by atoms with Crippen LogP contribution in [0, 0.1) is 13.8 Å². The van der Waals surface area contributed by atoms with Gasteiger partial charge in [-0.05, 0) is 44.7 Å². The zero-order valence-corrected chi connectivity index (χ0v) is 20.2. The zero-order valence-electron chi connectivity index (χ0n) is 20.2. The fourth-order valence-electron chi connectivity index (χ4n) is 4.94. The highest BCUT2D eigenvalue weighted by Crippen LogP contribution is 2.40. The molecule has 1 saturated carbocycles. The van der Waals surface area contributed by atoms with E-state index in [1.165, 1.54) is 24.0 Å². The average molecular weight is 446 g/mol. The summed E-state index contributed by atoms with van der Waals surface area (Å²) in [4.78, 5) is 23.2. The second-order valence-electron chi connectivity index (χ2n) is 9.79. The van der Waals surface area contributed by atoms with Gasteiger partial charge in [0.25, 0.3) is 5.91 Å². The van der Waals surface area contributed by atoms with Crippen molar-refractivity contribution in [2.75, 3.05) is 26.2 Å². The maximum absolute atomic E-state index is 13.7. The number of unbranched alkanes of at least 4 members (excludes halogenated alkanes) is 1. The number of amides is 1. The molecule has 2 fully saturated rings. The van der Waals surface area contributed by atoms with Crippen molar-refractivity contribution in [3.05, 3.63) is 58.4 Å². The minimum atomic E-state index is 0.137. The van der Waals surface area contributed by atoms with E-state index in [9.17, 15) is 4.79 Å². The Morgan fingerprint density at radius 1 is 1.09 bits per heavy atom. The molecule has 3 aromatic rings. The number of aryl methyl sites for hydroxylation is 3. The molecule has 0 bridgehead atoms. The Balaban J connectivity index is 1.36. The van der Waals surface area contributed by atoms with E-state index < -0.39 is 0 Å². The summed E-state index contributed by atoms with van der Waals surface area (Å²) in [6.07, 6.45) is 4.52. The smallest absolute Gasteiger partial charge is 0.254 e. The topological polar surface area (TPSA) is 54.3 Å². The summed E-state index contributed by atoms with van der Waals surface area (Å²) in [6, 6.07) is 10.8. The predicted octanol–water partition coefficient (Wildman–Crippen LogP) is 4.68. The number of hydrogen-bond donors (Lipinski definition) is 0. The highest BCUT2D eigenvalue weighted by atomic mass is 16.2. The summed E-state index contributed by atoms with van der Waals surface area (Å²) in [6.45, 7) is 11.5. The van der Waals surface area contributed by atoms with Crippen molar-refractivity contribution in [3.63, 3.8) is 0 Å². The van der Waals surface area contributed by atoms with Gasteiger partial charge in [-0.2, -0.15) is 5.10 Å². The first-order chi connectivity index (χ1) is 16.0. The molecule has 1 aliphatic heterocycles. The quantitative estimate of drug-likeness (QED) is 0.530. The number of aromatic nitrogens is 3. The molecule has 0 radical (unpaired) electrons. The van der Waals surface area contributed by atoms with Gasteiger partial charge in [0, 0.05) is 50.9 Å². The summed E-state index contributed by atoms with van der Waals surface area (Å²) < 4.78 is 2.02. The lowest BCUT2D eigenvalue weighted by Gasteiger charge is -2.35. The normalized spacial score (nSPS) is 17.1. The van der Waals surface area contributed by atoms with Crippen LogP contribution in [-0.2, 0) is 13.1 Å². The fourth-order valence-corrected chi connectivity index (χ4v) is 4.94. The largest absolute Gasteiger partial charge is 0.336 e. The Labute approximate surface area is 196 Å². The summed E-state index contributed by atoms with van der Waals surface area (Å²) >= 11 is 0. The molecule has 0 spiro atoms. The van der Waals surface area contributed by atoms with Gasteiger partial charge in [-0.25, -0.2) is 9.67 Å². The van der Waals surface area contributed by atoms with Gasteiger partial charge in [-0.3, -0.25) is 9.69 Å². The number of pyridine rings is 1. The third-order valence-electron chi connectivity index (χ3n) is 6.99. The van der Waals surface area contributed by atoms with E-state index in [0.717, 1.165) is 80.1 Å². The Morgan fingerprint density at radius 2 is 1.88 bits per heavy atom. The van der Waals surface area contributed by atoms with E-state index in [2.05, 4.69) is 49.1 Å². The van der Waals surface area contributed by atoms with Crippen molar-refractivity contribution < 1.29 is 4.79 Å². The van der Waals surface area contributed by atoms with Crippen molar-refractivity contribution in [2.24, 2.45) is 0 Å². The lowest BCUT2D eigenvalue weighted by atomic mass is 10.1. The molecular formula is C27H35N5O. The lowest BCUT2D eigenvalue weighted by Crippen LogP contribution is -2.48. The van der Waals surface area contributed by atoms with Gasteiger partial charge in [0.15, 0.2) is 5.65 Å². The number of carbonyl (C=O) groups is 1. The second-order valence-corrected chi connectivity index (χ2v) is 9.79. The minimum absolute atomic E-state index is 0.137. The molecule has 6 nitrogen and oxygen atoms in total. The molecule has 2 aliphatic rings. The van der Waals surface area contributed by atoms with E-state index in [-0.39, 0.29) is 5.91 Å². The van der Waals surface area contributed by atoms with Crippen LogP contribution in [0.5, 0.6) is 0 Å². The first kappa shape index (κ1) is 22.1. The lowest BCUT2D eigenvalue weighted by molar-refractivity contribution is 0.0630. The van der Waals surface area contributed by atoms with E-state index >= 15 is 0 Å². The third-order valence-corrected chi connectivity index (χ3v) is 6.99. The van der Waals surface area contributed by atoms with Crippen molar-refractivity contribution in [2.45, 2.75) is 65.5 Å². The Hall–Kier alpha value is -2.73. The molecule has 0 atom stereocenters. The van der Waals surface area contributed by atoms with Gasteiger partial charge in [-0.1, -0.05) is 43.2 Å². The van der Waals surface area contributed by atoms with Gasteiger partial charge >= 0.3 is 0 Å². The Bertz CT molecular complexity index is 1150. The second kappa shape index (κ2) is 9.26. The van der Waals surface area contributed by atoms with Crippen LogP contribution in [0.1, 0.15) is 71.4 Å². The number of piperazine rings is 1. The molecular weight excluding hydrogens is 410 g/mol. The van der Waals surface area contributed by atoms with Crippen molar-refractivity contribution in [3.8, 4) is 0 Å². The van der Waals surface area contributed by atoms with Gasteiger partial charge < -0.3 is 4.90 Å². The highest BCUT2D eigenvalue weighted by Gasteiger charge is 2.31. The Morgan fingerprint density at radius 3 is 2.58 bits per heavy atom. The summed E-state index contributed by atoms with van der Waals surface area (Å²) in [5, 5.41) is 5.72. The van der Waals surface area contributed by atoms with Crippen LogP contribution in [0.25, 0.3) is 11.0 Å². The molecule has 174 valence electrons. The minimum Gasteiger partial charge on any atom is -0.336 e. The van der Waals surface area contributed by atoms with Crippen LogP contribution in [-0.4, -0.2) is 56.7 Å². The monoisotopic (exact) mass is 445 g/mol. The average Bonchev–Trinajstić information content (AvgIpc) is 3.62. The maximum Gasteiger partial charge on any atom is 0.254 e. The number of fused-ring (bicyclic) bond motifs is 1. The molecule has 6 heteroatoms. The van der Waals surface area contributed by atoms with Crippen LogP contribution in [0.4, 0.5) is 0 Å². The van der Waals surface area contributed by atoms with Crippen LogP contribution in [0.2, 0.25) is 0 Å². The van der Waals surface area contributed by atoms with E-state index in [4.69, 9.17) is 10.1 Å². The van der Waals surface area contributed by atoms with E-state index in [1.807, 2.05) is 16.5 Å². The van der Waals surface area contributed by atoms with Crippen LogP contribution >= 0.6 is 0 Å².